The molecule has 2 aromatic heterocycles. The molecule has 31 heavy (non-hydrogen) atoms. The van der Waals surface area contributed by atoms with Gasteiger partial charge in [-0.1, -0.05) is 78.9 Å². The quantitative estimate of drug-likeness (QED) is 0.234. The van der Waals surface area contributed by atoms with Crippen molar-refractivity contribution in [1.29, 1.82) is 0 Å². The first-order valence-corrected chi connectivity index (χ1v) is 11.2. The van der Waals surface area contributed by atoms with Crippen LogP contribution in [0.5, 0.6) is 0 Å². The zero-order valence-corrected chi connectivity index (χ0v) is 18.2. The summed E-state index contributed by atoms with van der Waals surface area (Å²) in [6.45, 7) is 0. The molecule has 2 nitrogen and oxygen atoms in total. The predicted molar refractivity (Wildman–Crippen MR) is 134 cm³/mol. The third-order valence-corrected chi connectivity index (χ3v) is 7.03. The molecule has 0 atom stereocenters. The molecule has 0 spiro atoms. The van der Waals surface area contributed by atoms with Crippen LogP contribution >= 0.6 is 15.9 Å². The molecule has 0 bridgehead atoms. The van der Waals surface area contributed by atoms with Gasteiger partial charge in [0.05, 0.1) is 22.2 Å². The smallest absolute Gasteiger partial charge is 0.0800 e. The van der Waals surface area contributed by atoms with Gasteiger partial charge in [0, 0.05) is 26.0 Å². The molecule has 0 aliphatic heterocycles. The molecule has 0 amide bonds. The molecule has 0 N–H and O–H groups in total. The fraction of sp³-hybridized carbons (Fsp3) is 0. The average Bonchev–Trinajstić information content (AvgIpc) is 3.08. The number of halogens is 1. The van der Waals surface area contributed by atoms with Crippen LogP contribution in [0.1, 0.15) is 0 Å². The van der Waals surface area contributed by atoms with E-state index in [0.29, 0.717) is 0 Å². The zero-order chi connectivity index (χ0) is 20.5. The number of hydrogen-bond donors (Lipinski definition) is 0. The Morgan fingerprint density at radius 3 is 2.03 bits per heavy atom. The summed E-state index contributed by atoms with van der Waals surface area (Å²) in [6.07, 6.45) is 0. The fourth-order valence-electron chi connectivity index (χ4n) is 5.09. The van der Waals surface area contributed by atoms with Crippen LogP contribution in [0.3, 0.4) is 0 Å². The topological polar surface area (TPSA) is 9.34 Å². The molecule has 0 unspecified atom stereocenters. The van der Waals surface area contributed by atoms with Gasteiger partial charge in [0.2, 0.25) is 0 Å². The normalized spacial score (nSPS) is 12.0. The van der Waals surface area contributed by atoms with E-state index in [-0.39, 0.29) is 0 Å². The molecule has 2 heterocycles. The molecular formula is C28H17BrN2. The summed E-state index contributed by atoms with van der Waals surface area (Å²) in [5, 5.41) is 7.63. The van der Waals surface area contributed by atoms with Crippen molar-refractivity contribution < 1.29 is 0 Å². The van der Waals surface area contributed by atoms with Crippen molar-refractivity contribution in [2.24, 2.45) is 0 Å². The summed E-state index contributed by atoms with van der Waals surface area (Å²) in [5.74, 6) is 0. The van der Waals surface area contributed by atoms with E-state index in [2.05, 4.69) is 128 Å². The SMILES string of the molecule is Brc1ccccc1-n1c2ccccc2c2cccc3ccc4c5ccccc5n1c4c32. The van der Waals surface area contributed by atoms with Gasteiger partial charge < -0.3 is 0 Å². The van der Waals surface area contributed by atoms with E-state index in [9.17, 15) is 0 Å². The van der Waals surface area contributed by atoms with E-state index in [1.165, 1.54) is 48.9 Å². The standard InChI is InChI=1S/C28H17BrN2/c29-23-12-3-6-15-26(23)30-24-13-4-1-9-19(24)21-11-7-8-18-16-17-22-20-10-2-5-14-25(20)31(30)28(22)27(18)21/h1-17H. The van der Waals surface area contributed by atoms with Gasteiger partial charge >= 0.3 is 0 Å². The Balaban J connectivity index is 1.97. The minimum Gasteiger partial charge on any atom is -0.247 e. The second-order valence-corrected chi connectivity index (χ2v) is 8.83. The lowest BCUT2D eigenvalue weighted by molar-refractivity contribution is 0.843. The minimum atomic E-state index is 1.06. The van der Waals surface area contributed by atoms with Gasteiger partial charge in [0.15, 0.2) is 0 Å². The number of fused-ring (bicyclic) bond motifs is 5. The van der Waals surface area contributed by atoms with Crippen LogP contribution in [0, 0.1) is 0 Å². The summed E-state index contributed by atoms with van der Waals surface area (Å²) >= 11 is 3.83. The van der Waals surface area contributed by atoms with Crippen LogP contribution in [0.25, 0.3) is 54.6 Å². The summed E-state index contributed by atoms with van der Waals surface area (Å²) < 4.78 is 5.83. The lowest BCUT2D eigenvalue weighted by atomic mass is 10.0. The van der Waals surface area contributed by atoms with E-state index >= 15 is 0 Å². The third kappa shape index (κ3) is 2.21. The van der Waals surface area contributed by atoms with Crippen LogP contribution in [-0.4, -0.2) is 9.20 Å². The van der Waals surface area contributed by atoms with Gasteiger partial charge in [-0.15, -0.1) is 0 Å². The number of hydrogen-bond acceptors (Lipinski definition) is 0. The molecule has 0 aliphatic carbocycles. The maximum absolute atomic E-state index is 3.83. The monoisotopic (exact) mass is 460 g/mol. The third-order valence-electron chi connectivity index (χ3n) is 6.36. The second kappa shape index (κ2) is 6.22. The summed E-state index contributed by atoms with van der Waals surface area (Å²) in [5.41, 5.74) is 4.73. The number of nitrogens with zero attached hydrogens (tertiary/aromatic N) is 2. The Morgan fingerprint density at radius 1 is 0.516 bits per heavy atom. The van der Waals surface area contributed by atoms with Crippen LogP contribution in [0.15, 0.2) is 108 Å². The van der Waals surface area contributed by atoms with Crippen molar-refractivity contribution in [3.05, 3.63) is 108 Å². The average molecular weight is 461 g/mol. The molecule has 146 valence electrons. The van der Waals surface area contributed by atoms with Crippen LogP contribution in [0.4, 0.5) is 0 Å². The van der Waals surface area contributed by atoms with Gasteiger partial charge in [-0.3, -0.25) is 0 Å². The first kappa shape index (κ1) is 17.2. The van der Waals surface area contributed by atoms with Crippen LogP contribution < -0.4 is 0 Å². The Kier molecular flexibility index (Phi) is 3.44. The van der Waals surface area contributed by atoms with Crippen LogP contribution in [0.2, 0.25) is 0 Å². The second-order valence-electron chi connectivity index (χ2n) is 7.97. The van der Waals surface area contributed by atoms with Crippen molar-refractivity contribution in [3.8, 4) is 5.69 Å². The fourth-order valence-corrected chi connectivity index (χ4v) is 5.54. The van der Waals surface area contributed by atoms with Crippen molar-refractivity contribution in [1.82, 2.24) is 9.20 Å². The summed E-state index contributed by atoms with van der Waals surface area (Å²) in [6, 6.07) is 37.1. The Hall–Kier alpha value is -3.56. The van der Waals surface area contributed by atoms with Crippen molar-refractivity contribution in [3.63, 3.8) is 0 Å². The molecule has 7 aromatic rings. The zero-order valence-electron chi connectivity index (χ0n) is 16.6. The number of rotatable bonds is 1. The maximum atomic E-state index is 3.83. The van der Waals surface area contributed by atoms with Gasteiger partial charge in [-0.25, -0.2) is 9.20 Å². The lowest BCUT2D eigenvalue weighted by Gasteiger charge is -2.14. The molecule has 0 saturated heterocycles. The first-order chi connectivity index (χ1) is 15.3. The lowest BCUT2D eigenvalue weighted by Crippen LogP contribution is -2.06. The highest BCUT2D eigenvalue weighted by atomic mass is 79.9. The molecule has 0 saturated carbocycles. The highest BCUT2D eigenvalue weighted by Gasteiger charge is 2.19. The molecule has 0 aliphatic rings. The first-order valence-electron chi connectivity index (χ1n) is 10.4. The summed E-state index contributed by atoms with van der Waals surface area (Å²) in [7, 11) is 0. The molecule has 7 rings (SSSR count). The van der Waals surface area contributed by atoms with Gasteiger partial charge in [-0.05, 0) is 51.0 Å². The number of aromatic nitrogens is 2. The largest absolute Gasteiger partial charge is 0.247 e. The van der Waals surface area contributed by atoms with E-state index < -0.39 is 0 Å². The van der Waals surface area contributed by atoms with Crippen molar-refractivity contribution in [2.45, 2.75) is 0 Å². The molecule has 0 radical (unpaired) electrons. The van der Waals surface area contributed by atoms with Gasteiger partial charge in [-0.2, -0.15) is 0 Å². The Labute approximate surface area is 187 Å². The summed E-state index contributed by atoms with van der Waals surface area (Å²) in [4.78, 5) is 0. The van der Waals surface area contributed by atoms with E-state index in [1.54, 1.807) is 0 Å². The molecular weight excluding hydrogens is 444 g/mol. The Bertz CT molecular complexity index is 1800. The molecule has 3 heteroatoms. The molecule has 5 aromatic carbocycles. The van der Waals surface area contributed by atoms with Crippen molar-refractivity contribution in [2.75, 3.05) is 0 Å². The van der Waals surface area contributed by atoms with E-state index in [4.69, 9.17) is 0 Å². The maximum Gasteiger partial charge on any atom is 0.0800 e. The minimum absolute atomic E-state index is 1.06. The number of para-hydroxylation sites is 3. The van der Waals surface area contributed by atoms with E-state index in [1.807, 2.05) is 0 Å². The molecule has 0 fully saturated rings. The highest BCUT2D eigenvalue weighted by Crippen LogP contribution is 2.40. The van der Waals surface area contributed by atoms with Gasteiger partial charge in [0.1, 0.15) is 0 Å². The predicted octanol–water partition coefficient (Wildman–Crippen LogP) is 8.11. The Morgan fingerprint density at radius 2 is 1.19 bits per heavy atom. The highest BCUT2D eigenvalue weighted by molar-refractivity contribution is 9.10. The van der Waals surface area contributed by atoms with E-state index in [0.717, 1.165) is 10.2 Å². The van der Waals surface area contributed by atoms with Crippen molar-refractivity contribution >= 4 is 64.8 Å². The van der Waals surface area contributed by atoms with Gasteiger partial charge in [0.25, 0.3) is 0 Å². The number of benzene rings is 5. The van der Waals surface area contributed by atoms with Crippen LogP contribution in [-0.2, 0) is 0 Å².